The second kappa shape index (κ2) is 13.9. The summed E-state index contributed by atoms with van der Waals surface area (Å²) in [7, 11) is 0. The van der Waals surface area contributed by atoms with E-state index in [1.807, 2.05) is 5.43 Å². The molecule has 218 valence electrons. The fourth-order valence-corrected chi connectivity index (χ4v) is 3.58. The molecule has 0 radical (unpaired) electrons. The Hall–Kier alpha value is -6.24. The molecule has 3 aromatic carbocycles. The Bertz CT molecular complexity index is 1610. The number of hydrogen-bond donors (Lipinski definition) is 4. The summed E-state index contributed by atoms with van der Waals surface area (Å²) in [5.41, 5.74) is 4.45. The molecule has 4 aromatic rings. The van der Waals surface area contributed by atoms with E-state index in [9.17, 15) is 33.9 Å². The van der Waals surface area contributed by atoms with E-state index in [4.69, 9.17) is 13.9 Å². The number of carboxylic acid groups (broad SMARTS) is 1. The summed E-state index contributed by atoms with van der Waals surface area (Å²) in [4.78, 5) is 75.3. The van der Waals surface area contributed by atoms with Gasteiger partial charge in [-0.1, -0.05) is 36.4 Å². The molecule has 0 saturated carbocycles. The van der Waals surface area contributed by atoms with Crippen molar-refractivity contribution in [3.05, 3.63) is 126 Å². The number of furan rings is 1. The molecule has 3 amide bonds. The van der Waals surface area contributed by atoms with Gasteiger partial charge in [0.15, 0.2) is 5.76 Å². The van der Waals surface area contributed by atoms with Gasteiger partial charge in [0.05, 0.1) is 17.4 Å². The second-order valence-corrected chi connectivity index (χ2v) is 8.67. The topological polar surface area (TPSA) is 190 Å². The van der Waals surface area contributed by atoms with Crippen LogP contribution in [0.25, 0.3) is 0 Å². The zero-order valence-corrected chi connectivity index (χ0v) is 22.1. The van der Waals surface area contributed by atoms with Crippen LogP contribution in [0.3, 0.4) is 0 Å². The van der Waals surface area contributed by atoms with Crippen molar-refractivity contribution in [2.75, 3.05) is 5.32 Å². The van der Waals surface area contributed by atoms with E-state index in [1.54, 1.807) is 18.2 Å². The molecule has 43 heavy (non-hydrogen) atoms. The molecule has 0 spiro atoms. The maximum absolute atomic E-state index is 13.1. The number of nitrogens with one attached hydrogen (secondary N) is 3. The molecule has 0 unspecified atom stereocenters. The Morgan fingerprint density at radius 3 is 1.67 bits per heavy atom. The molecular formula is C30H23N3O10. The number of carbonyl (C=O) groups excluding carboxylic acids is 5. The maximum Gasteiger partial charge on any atom is 0.349 e. The Labute approximate surface area is 243 Å². The van der Waals surface area contributed by atoms with Gasteiger partial charge in [0.1, 0.15) is 0 Å². The van der Waals surface area contributed by atoms with Crippen molar-refractivity contribution in [1.82, 2.24) is 10.9 Å². The minimum Gasteiger partial charge on any atom is -0.478 e. The average Bonchev–Trinajstić information content (AvgIpc) is 3.58. The van der Waals surface area contributed by atoms with Crippen molar-refractivity contribution in [3.8, 4) is 0 Å². The van der Waals surface area contributed by atoms with Crippen molar-refractivity contribution in [1.29, 1.82) is 0 Å². The molecule has 0 bridgehead atoms. The first-order valence-corrected chi connectivity index (χ1v) is 12.5. The number of carboxylic acids is 1. The Kier molecular flexibility index (Phi) is 9.61. The lowest BCUT2D eigenvalue weighted by Crippen LogP contribution is -2.54. The summed E-state index contributed by atoms with van der Waals surface area (Å²) in [6, 6.07) is 23.3. The molecule has 1 heterocycles. The Morgan fingerprint density at radius 1 is 0.605 bits per heavy atom. The molecule has 4 N–H and O–H groups in total. The van der Waals surface area contributed by atoms with Gasteiger partial charge in [-0.2, -0.15) is 0 Å². The van der Waals surface area contributed by atoms with E-state index in [-0.39, 0.29) is 22.5 Å². The number of anilines is 1. The molecule has 0 aliphatic rings. The molecule has 1 aromatic heterocycles. The summed E-state index contributed by atoms with van der Waals surface area (Å²) < 4.78 is 15.2. The number of amides is 3. The highest BCUT2D eigenvalue weighted by Crippen LogP contribution is 2.14. The standard InChI is InChI=1S/C30H23N3O10/c34-25(18-13-15-21(16-14-18)31-26(35)22-12-7-17-41-22)32-33-27(36)23(42-29(39)19-8-3-1-4-9-19)24(28(37)38)43-30(40)20-10-5-2-6-11-20/h1-17,23-24H,(H,31,35)(H,32,34)(H,33,36)(H,37,38)/t23-,24-/m0/s1. The number of carbonyl (C=O) groups is 6. The second-order valence-electron chi connectivity index (χ2n) is 8.67. The average molecular weight is 586 g/mol. The molecule has 13 nitrogen and oxygen atoms in total. The highest BCUT2D eigenvalue weighted by Gasteiger charge is 2.41. The fourth-order valence-electron chi connectivity index (χ4n) is 3.58. The third kappa shape index (κ3) is 7.91. The highest BCUT2D eigenvalue weighted by molar-refractivity contribution is 6.03. The Balaban J connectivity index is 1.46. The normalized spacial score (nSPS) is 11.7. The number of rotatable bonds is 10. The van der Waals surface area contributed by atoms with Gasteiger partial charge in [-0.25, -0.2) is 14.4 Å². The highest BCUT2D eigenvalue weighted by atomic mass is 16.6. The molecule has 0 aliphatic heterocycles. The number of ether oxygens (including phenoxy) is 2. The van der Waals surface area contributed by atoms with Gasteiger partial charge in [-0.05, 0) is 60.7 Å². The zero-order chi connectivity index (χ0) is 30.8. The largest absolute Gasteiger partial charge is 0.478 e. The zero-order valence-electron chi connectivity index (χ0n) is 22.1. The van der Waals surface area contributed by atoms with E-state index < -0.39 is 47.8 Å². The summed E-state index contributed by atoms with van der Waals surface area (Å²) >= 11 is 0. The van der Waals surface area contributed by atoms with Gasteiger partial charge in [0, 0.05) is 11.3 Å². The number of benzene rings is 3. The SMILES string of the molecule is O=C(NNC(=O)[C@@H](OC(=O)c1ccccc1)[C@H](OC(=O)c1ccccc1)C(=O)O)c1ccc(NC(=O)c2ccco2)cc1. The molecule has 13 heteroatoms. The van der Waals surface area contributed by atoms with E-state index in [0.717, 1.165) is 0 Å². The number of aliphatic carboxylic acids is 1. The molecule has 2 atom stereocenters. The minimum absolute atomic E-state index is 0.0120. The smallest absolute Gasteiger partial charge is 0.349 e. The number of esters is 2. The summed E-state index contributed by atoms with van der Waals surface area (Å²) in [5, 5.41) is 12.4. The predicted octanol–water partition coefficient (Wildman–Crippen LogP) is 2.83. The first kappa shape index (κ1) is 29.7. The Morgan fingerprint density at radius 2 is 1.16 bits per heavy atom. The maximum atomic E-state index is 13.1. The lowest BCUT2D eigenvalue weighted by molar-refractivity contribution is -0.159. The third-order valence-electron chi connectivity index (χ3n) is 5.71. The van der Waals surface area contributed by atoms with Crippen LogP contribution in [0.2, 0.25) is 0 Å². The van der Waals surface area contributed by atoms with Crippen molar-refractivity contribution in [2.45, 2.75) is 12.2 Å². The van der Waals surface area contributed by atoms with Crippen molar-refractivity contribution < 1.29 is 47.8 Å². The molecule has 0 saturated heterocycles. The van der Waals surface area contributed by atoms with Crippen LogP contribution in [0.5, 0.6) is 0 Å². The number of hydrazine groups is 1. The van der Waals surface area contributed by atoms with E-state index >= 15 is 0 Å². The van der Waals surface area contributed by atoms with E-state index in [1.165, 1.54) is 85.1 Å². The van der Waals surface area contributed by atoms with E-state index in [2.05, 4.69) is 10.7 Å². The van der Waals surface area contributed by atoms with Crippen molar-refractivity contribution >= 4 is 41.3 Å². The van der Waals surface area contributed by atoms with E-state index in [0.29, 0.717) is 5.69 Å². The number of hydrogen-bond acceptors (Lipinski definition) is 9. The fraction of sp³-hybridized carbons (Fsp3) is 0.0667. The van der Waals surface area contributed by atoms with Crippen LogP contribution in [-0.4, -0.2) is 52.9 Å². The van der Waals surface area contributed by atoms with Gasteiger partial charge < -0.3 is 24.3 Å². The quantitative estimate of drug-likeness (QED) is 0.159. The first-order chi connectivity index (χ1) is 20.7. The van der Waals surface area contributed by atoms with Crippen LogP contribution in [0.1, 0.15) is 41.6 Å². The first-order valence-electron chi connectivity index (χ1n) is 12.5. The van der Waals surface area contributed by atoms with Crippen LogP contribution in [0, 0.1) is 0 Å². The summed E-state index contributed by atoms with van der Waals surface area (Å²) in [6.07, 6.45) is -3.15. The molecule has 0 aliphatic carbocycles. The van der Waals surface area contributed by atoms with Gasteiger partial charge in [-0.3, -0.25) is 25.2 Å². The third-order valence-corrected chi connectivity index (χ3v) is 5.71. The monoisotopic (exact) mass is 585 g/mol. The van der Waals surface area contributed by atoms with Gasteiger partial charge >= 0.3 is 17.9 Å². The minimum atomic E-state index is -2.28. The van der Waals surface area contributed by atoms with Gasteiger partial charge in [0.25, 0.3) is 17.7 Å². The van der Waals surface area contributed by atoms with Crippen molar-refractivity contribution in [2.24, 2.45) is 0 Å². The molecular weight excluding hydrogens is 562 g/mol. The van der Waals surface area contributed by atoms with Crippen LogP contribution in [0.4, 0.5) is 5.69 Å². The lowest BCUT2D eigenvalue weighted by Gasteiger charge is -2.23. The molecule has 4 rings (SSSR count). The predicted molar refractivity (Wildman–Crippen MR) is 148 cm³/mol. The van der Waals surface area contributed by atoms with Gasteiger partial charge in [0.2, 0.25) is 12.2 Å². The lowest BCUT2D eigenvalue weighted by atomic mass is 10.1. The van der Waals surface area contributed by atoms with Crippen molar-refractivity contribution in [3.63, 3.8) is 0 Å². The van der Waals surface area contributed by atoms with Crippen LogP contribution in [0.15, 0.2) is 108 Å². The van der Waals surface area contributed by atoms with Crippen LogP contribution in [-0.2, 0) is 19.1 Å². The van der Waals surface area contributed by atoms with Crippen LogP contribution >= 0.6 is 0 Å². The summed E-state index contributed by atoms with van der Waals surface area (Å²) in [5.74, 6) is -6.52. The van der Waals surface area contributed by atoms with Crippen LogP contribution < -0.4 is 16.2 Å². The summed E-state index contributed by atoms with van der Waals surface area (Å²) in [6.45, 7) is 0. The molecule has 0 fully saturated rings. The van der Waals surface area contributed by atoms with Gasteiger partial charge in [-0.15, -0.1) is 0 Å².